The van der Waals surface area contributed by atoms with E-state index >= 15 is 0 Å². The smallest absolute Gasteiger partial charge is 0.338 e. The minimum Gasteiger partial charge on any atom is -0.462 e. The van der Waals surface area contributed by atoms with Crippen LogP contribution in [0.3, 0.4) is 0 Å². The Labute approximate surface area is 499 Å². The molecule has 4 N–H and O–H groups in total. The van der Waals surface area contributed by atoms with Crippen molar-refractivity contribution in [2.45, 2.75) is 137 Å². The summed E-state index contributed by atoms with van der Waals surface area (Å²) in [7, 11) is 0. The average Bonchev–Trinajstić information content (AvgIpc) is 2.37. The van der Waals surface area contributed by atoms with Crippen molar-refractivity contribution >= 4 is 46.2 Å². The summed E-state index contributed by atoms with van der Waals surface area (Å²) in [5.74, 6) is -1.43. The molecule has 1 aliphatic heterocycles. The number of esters is 4. The lowest BCUT2D eigenvalue weighted by atomic mass is 10.0. The molecule has 12 heteroatoms. The van der Waals surface area contributed by atoms with Gasteiger partial charge in [0.05, 0.1) is 48.7 Å². The summed E-state index contributed by atoms with van der Waals surface area (Å²) in [6, 6.07) is 46.7. The number of aromatic nitrogens is 4. The second kappa shape index (κ2) is 30.8. The number of unbranched alkanes of at least 4 members (excludes halogenated alkanes) is 13. The summed E-state index contributed by atoms with van der Waals surface area (Å²) in [5, 5.41) is 3.22. The maximum atomic E-state index is 13.4. The molecule has 8 bridgehead atoms. The molecule has 5 heterocycles. The minimum atomic E-state index is -0.358. The fraction of sp³-hybridized carbons (Fsp3) is 0.342. The van der Waals surface area contributed by atoms with E-state index in [9.17, 15) is 19.2 Å². The van der Waals surface area contributed by atoms with Gasteiger partial charge in [0.1, 0.15) is 0 Å². The number of rotatable bonds is 29. The van der Waals surface area contributed by atoms with Gasteiger partial charge in [-0.2, -0.15) is 0 Å². The van der Waals surface area contributed by atoms with E-state index in [-0.39, 0.29) is 23.9 Å². The molecule has 4 aromatic heterocycles. The zero-order valence-electron chi connectivity index (χ0n) is 50.0. The number of carbonyl (C=O) groups is 4. The third-order valence-corrected chi connectivity index (χ3v) is 15.7. The number of hydrogen-bond acceptors (Lipinski definition) is 8. The Morgan fingerprint density at radius 1 is 0.259 bits per heavy atom. The van der Waals surface area contributed by atoms with Crippen LogP contribution < -0.4 is 21.4 Å². The highest BCUT2D eigenvalue weighted by molar-refractivity contribution is 5.93. The minimum absolute atomic E-state index is 0.355. The van der Waals surface area contributed by atoms with Crippen LogP contribution in [-0.4, -0.2) is 70.2 Å². The Hall–Kier alpha value is -8.64. The van der Waals surface area contributed by atoms with Crippen molar-refractivity contribution in [3.05, 3.63) is 234 Å². The van der Waals surface area contributed by atoms with Gasteiger partial charge in [-0.1, -0.05) is 160 Å². The molecule has 9 rings (SSSR count). The molecule has 0 unspecified atom stereocenters. The largest absolute Gasteiger partial charge is 0.462 e. The van der Waals surface area contributed by atoms with Crippen molar-refractivity contribution in [3.63, 3.8) is 0 Å². The Morgan fingerprint density at radius 2 is 0.471 bits per heavy atom. The SMILES string of the molecule is CCCCCCCOC(=O)c1ccc(C2=c3ccc([nH]3)=C(c3ccc(C(=O)OCCCCCC)cc3)c3ccc([nH]3)C(c3ccc(C(=O)OCCCCCC)cc3)=c3ccc([nH]3)=C(c3ccc(C(=O)OCCCCCC)cc3)c3ccc2[nH]3)cc1. The van der Waals surface area contributed by atoms with Crippen LogP contribution in [0, 0.1) is 0 Å². The predicted molar refractivity (Wildman–Crippen MR) is 336 cm³/mol. The third-order valence-electron chi connectivity index (χ3n) is 15.7. The lowest BCUT2D eigenvalue weighted by Crippen LogP contribution is -2.19. The van der Waals surface area contributed by atoms with E-state index in [4.69, 9.17) is 18.9 Å². The van der Waals surface area contributed by atoms with E-state index in [1.165, 1.54) is 6.42 Å². The number of aromatic amines is 4. The second-order valence-electron chi connectivity index (χ2n) is 22.1. The summed E-state index contributed by atoms with van der Waals surface area (Å²) in [4.78, 5) is 68.7. The van der Waals surface area contributed by atoms with E-state index in [0.717, 1.165) is 191 Å². The summed E-state index contributed by atoms with van der Waals surface area (Å²) < 4.78 is 22.8. The van der Waals surface area contributed by atoms with Gasteiger partial charge in [0.2, 0.25) is 0 Å². The van der Waals surface area contributed by atoms with Crippen LogP contribution in [0.4, 0.5) is 0 Å². The lowest BCUT2D eigenvalue weighted by Gasteiger charge is -2.11. The lowest BCUT2D eigenvalue weighted by molar-refractivity contribution is 0.0488. The molecule has 0 amide bonds. The average molecular weight is 1140 g/mol. The van der Waals surface area contributed by atoms with E-state index < -0.39 is 0 Å². The fourth-order valence-corrected chi connectivity index (χ4v) is 10.9. The van der Waals surface area contributed by atoms with Crippen molar-refractivity contribution in [2.24, 2.45) is 0 Å². The fourth-order valence-electron chi connectivity index (χ4n) is 10.9. The van der Waals surface area contributed by atoms with E-state index in [1.807, 2.05) is 97.1 Å². The van der Waals surface area contributed by atoms with Crippen LogP contribution in [0.25, 0.3) is 22.3 Å². The van der Waals surface area contributed by atoms with E-state index in [1.54, 1.807) is 0 Å². The number of hydrogen-bond donors (Lipinski definition) is 4. The molecule has 4 aromatic carbocycles. The molecule has 0 saturated carbocycles. The molecule has 85 heavy (non-hydrogen) atoms. The van der Waals surface area contributed by atoms with E-state index in [2.05, 4.69) is 96.2 Å². The zero-order valence-corrected chi connectivity index (χ0v) is 50.0. The standard InChI is InChI=1S/C73H82N4O8/c1-5-9-13-17-21-49-85-73(81)57-36-28-53(29-37-57)69-64-44-42-62(76-64)67(51-24-32-55(33-25-51)71(79)83-47-19-15-11-7-3)60-40-38-58(74-60)66(50-22-30-54(31-23-50)70(78)82-46-18-14-10-6-2)59-39-41-61(75-59)68(63-43-45-65(69)77-63)52-26-34-56(35-27-52)72(80)84-48-20-16-12-8-4/h22-45,74-77H,5-21,46-49H2,1-4H3. The molecule has 0 radical (unpaired) electrons. The molecule has 8 aromatic rings. The summed E-state index contributed by atoms with van der Waals surface area (Å²) >= 11 is 0. The van der Waals surface area contributed by atoms with Gasteiger partial charge in [-0.25, -0.2) is 19.2 Å². The number of ether oxygens (including phenoxy) is 4. The summed E-state index contributed by atoms with van der Waals surface area (Å²) in [6.07, 6.45) is 17.4. The third kappa shape index (κ3) is 15.8. The first-order chi connectivity index (χ1) is 41.7. The van der Waals surface area contributed by atoms with Crippen molar-refractivity contribution in [3.8, 4) is 0 Å². The second-order valence-corrected chi connectivity index (χ2v) is 22.1. The first-order valence-electron chi connectivity index (χ1n) is 31.0. The number of nitrogens with one attached hydrogen (secondary N) is 4. The Bertz CT molecular complexity index is 3760. The quantitative estimate of drug-likeness (QED) is 0.0204. The van der Waals surface area contributed by atoms with Crippen LogP contribution >= 0.6 is 0 Å². The maximum Gasteiger partial charge on any atom is 0.338 e. The molecule has 12 nitrogen and oxygen atoms in total. The van der Waals surface area contributed by atoms with Crippen LogP contribution in [0.1, 0.15) is 223 Å². The highest BCUT2D eigenvalue weighted by Gasteiger charge is 2.21. The monoisotopic (exact) mass is 1140 g/mol. The first kappa shape index (κ1) is 60.9. The van der Waals surface area contributed by atoms with E-state index in [0.29, 0.717) is 48.7 Å². The number of benzene rings is 4. The number of H-pyrrole nitrogens is 4. The topological polar surface area (TPSA) is 168 Å². The molecule has 442 valence electrons. The van der Waals surface area contributed by atoms with Gasteiger partial charge in [-0.3, -0.25) is 0 Å². The van der Waals surface area contributed by atoms with Gasteiger partial charge in [0.15, 0.2) is 0 Å². The maximum absolute atomic E-state index is 13.4. The molecule has 0 aliphatic carbocycles. The molecule has 0 atom stereocenters. The molecular weight excluding hydrogens is 1060 g/mol. The Morgan fingerprint density at radius 3 is 0.694 bits per heavy atom. The molecule has 0 saturated heterocycles. The zero-order chi connectivity index (χ0) is 59.3. The van der Waals surface area contributed by atoms with Crippen LogP contribution in [0.5, 0.6) is 0 Å². The van der Waals surface area contributed by atoms with Crippen LogP contribution in [0.15, 0.2) is 146 Å². The van der Waals surface area contributed by atoms with Gasteiger partial charge in [0, 0.05) is 66.5 Å². The highest BCUT2D eigenvalue weighted by atomic mass is 16.5. The normalized spacial score (nSPS) is 12.1. The first-order valence-corrected chi connectivity index (χ1v) is 31.0. The van der Waals surface area contributed by atoms with Gasteiger partial charge in [0.25, 0.3) is 0 Å². The van der Waals surface area contributed by atoms with Crippen molar-refractivity contribution < 1.29 is 38.1 Å². The molecule has 1 aliphatic rings. The van der Waals surface area contributed by atoms with Gasteiger partial charge < -0.3 is 38.9 Å². The van der Waals surface area contributed by atoms with Crippen LogP contribution in [0.2, 0.25) is 0 Å². The van der Waals surface area contributed by atoms with Gasteiger partial charge >= 0.3 is 23.9 Å². The summed E-state index contributed by atoms with van der Waals surface area (Å²) in [5.41, 5.74) is 11.9. The van der Waals surface area contributed by atoms with Gasteiger partial charge in [-0.05, 0) is 145 Å². The highest BCUT2D eigenvalue weighted by Crippen LogP contribution is 2.29. The Balaban J connectivity index is 1.20. The summed E-state index contributed by atoms with van der Waals surface area (Å²) in [6.45, 7) is 10.2. The number of carbonyl (C=O) groups excluding carboxylic acids is 4. The van der Waals surface area contributed by atoms with Crippen molar-refractivity contribution in [2.75, 3.05) is 26.4 Å². The molecule has 0 spiro atoms. The predicted octanol–water partition coefficient (Wildman–Crippen LogP) is 13.6. The molecule has 0 fully saturated rings. The number of fused-ring (bicyclic) bond motifs is 8. The van der Waals surface area contributed by atoms with Crippen molar-refractivity contribution in [1.29, 1.82) is 0 Å². The van der Waals surface area contributed by atoms with Crippen LogP contribution in [-0.2, 0) is 18.9 Å². The molecular formula is C73H82N4O8. The Kier molecular flexibility index (Phi) is 22.1. The van der Waals surface area contributed by atoms with Crippen molar-refractivity contribution in [1.82, 2.24) is 19.9 Å². The van der Waals surface area contributed by atoms with Gasteiger partial charge in [-0.15, -0.1) is 0 Å².